The molecule has 3 heteroatoms. The van der Waals surface area contributed by atoms with Crippen molar-refractivity contribution in [2.45, 2.75) is 0 Å². The Bertz CT molecular complexity index is 3550. The number of fused-ring (bicyclic) bond motifs is 7. The minimum atomic E-state index is 0.901. The van der Waals surface area contributed by atoms with Gasteiger partial charge in [0.05, 0.1) is 16.7 Å². The van der Waals surface area contributed by atoms with Crippen LogP contribution in [-0.2, 0) is 0 Å². The number of benzene rings is 10. The van der Waals surface area contributed by atoms with Crippen molar-refractivity contribution >= 4 is 71.6 Å². The molecule has 0 atom stereocenters. The predicted octanol–water partition coefficient (Wildman–Crippen LogP) is 16.3. The first kappa shape index (κ1) is 34.9. The third kappa shape index (κ3) is 5.82. The monoisotopic (exact) mass is 778 g/mol. The summed E-state index contributed by atoms with van der Waals surface area (Å²) >= 11 is 0. The van der Waals surface area contributed by atoms with Crippen molar-refractivity contribution in [1.82, 2.24) is 4.57 Å². The maximum absolute atomic E-state index is 6.47. The highest BCUT2D eigenvalue weighted by atomic mass is 16.3. The van der Waals surface area contributed by atoms with Crippen LogP contribution in [0.3, 0.4) is 0 Å². The number of hydrogen-bond acceptors (Lipinski definition) is 2. The number of aromatic nitrogens is 1. The number of para-hydroxylation sites is 5. The average molecular weight is 779 g/mol. The zero-order valence-corrected chi connectivity index (χ0v) is 33.2. The summed E-state index contributed by atoms with van der Waals surface area (Å²) in [5.41, 5.74) is 15.4. The normalized spacial score (nSPS) is 11.6. The van der Waals surface area contributed by atoms with Crippen molar-refractivity contribution < 1.29 is 4.42 Å². The molecule has 0 radical (unpaired) electrons. The molecule has 12 rings (SSSR count). The van der Waals surface area contributed by atoms with Gasteiger partial charge in [-0.3, -0.25) is 0 Å². The van der Waals surface area contributed by atoms with Crippen LogP contribution in [0.2, 0.25) is 0 Å². The van der Waals surface area contributed by atoms with Crippen LogP contribution < -0.4 is 4.90 Å². The summed E-state index contributed by atoms with van der Waals surface area (Å²) in [5.74, 6) is 0. The molecule has 61 heavy (non-hydrogen) atoms. The van der Waals surface area contributed by atoms with Crippen molar-refractivity contribution in [3.8, 4) is 39.1 Å². The van der Waals surface area contributed by atoms with Crippen LogP contribution in [0, 0.1) is 0 Å². The molecule has 286 valence electrons. The molecule has 10 aromatic carbocycles. The van der Waals surface area contributed by atoms with Crippen molar-refractivity contribution in [2.24, 2.45) is 0 Å². The van der Waals surface area contributed by atoms with Gasteiger partial charge in [-0.2, -0.15) is 0 Å². The standard InChI is InChI=1S/C58H38N2O/c1-2-21-46-39(15-1)16-13-26-47(46)41-17-11-19-44(37-41)59(43-35-33-40(34-36-43)49-27-14-28-53-52-25-6-10-32-57(52)61-58(49)53)45-20-12-18-42(38-45)48-22-3-7-29-54(48)60-55-30-8-4-23-50(55)51-24-5-9-31-56(51)60/h1-38H. The molecular weight excluding hydrogens is 741 g/mol. The minimum absolute atomic E-state index is 0.901. The van der Waals surface area contributed by atoms with Crippen LogP contribution >= 0.6 is 0 Å². The molecule has 2 heterocycles. The van der Waals surface area contributed by atoms with Gasteiger partial charge in [0.25, 0.3) is 0 Å². The summed E-state index contributed by atoms with van der Waals surface area (Å²) in [4.78, 5) is 2.38. The molecule has 0 saturated heterocycles. The van der Waals surface area contributed by atoms with Gasteiger partial charge in [-0.25, -0.2) is 0 Å². The van der Waals surface area contributed by atoms with E-state index in [1.54, 1.807) is 0 Å². The molecule has 0 N–H and O–H groups in total. The van der Waals surface area contributed by atoms with Gasteiger partial charge in [0, 0.05) is 49.7 Å². The zero-order valence-electron chi connectivity index (χ0n) is 33.2. The van der Waals surface area contributed by atoms with E-state index >= 15 is 0 Å². The highest BCUT2D eigenvalue weighted by Crippen LogP contribution is 2.43. The van der Waals surface area contributed by atoms with Crippen molar-refractivity contribution in [3.63, 3.8) is 0 Å². The topological polar surface area (TPSA) is 21.3 Å². The van der Waals surface area contributed by atoms with Crippen LogP contribution in [0.4, 0.5) is 17.1 Å². The van der Waals surface area contributed by atoms with E-state index in [4.69, 9.17) is 4.42 Å². The Morgan fingerprint density at radius 1 is 0.328 bits per heavy atom. The van der Waals surface area contributed by atoms with E-state index in [2.05, 4.69) is 228 Å². The van der Waals surface area contributed by atoms with Gasteiger partial charge in [-0.1, -0.05) is 170 Å². The fraction of sp³-hybridized carbons (Fsp3) is 0. The van der Waals surface area contributed by atoms with E-state index in [0.717, 1.165) is 66.9 Å². The number of anilines is 3. The predicted molar refractivity (Wildman–Crippen MR) is 257 cm³/mol. The Hall–Kier alpha value is -8.14. The first-order chi connectivity index (χ1) is 30.3. The molecule has 0 fully saturated rings. The van der Waals surface area contributed by atoms with E-state index in [-0.39, 0.29) is 0 Å². The van der Waals surface area contributed by atoms with E-state index in [1.165, 1.54) is 43.7 Å². The molecule has 0 aliphatic carbocycles. The van der Waals surface area contributed by atoms with Crippen LogP contribution in [0.5, 0.6) is 0 Å². The molecule has 0 bridgehead atoms. The smallest absolute Gasteiger partial charge is 0.143 e. The first-order valence-electron chi connectivity index (χ1n) is 20.8. The molecule has 12 aromatic rings. The third-order valence-corrected chi connectivity index (χ3v) is 12.2. The number of rotatable bonds is 7. The van der Waals surface area contributed by atoms with Gasteiger partial charge in [0.2, 0.25) is 0 Å². The van der Waals surface area contributed by atoms with Gasteiger partial charge in [-0.05, 0) is 93.7 Å². The molecule has 0 saturated carbocycles. The van der Waals surface area contributed by atoms with Gasteiger partial charge >= 0.3 is 0 Å². The Morgan fingerprint density at radius 2 is 0.852 bits per heavy atom. The Kier molecular flexibility index (Phi) is 8.17. The highest BCUT2D eigenvalue weighted by molar-refractivity contribution is 6.11. The molecule has 0 unspecified atom stereocenters. The fourth-order valence-electron chi connectivity index (χ4n) is 9.41. The van der Waals surface area contributed by atoms with Gasteiger partial charge in [-0.15, -0.1) is 0 Å². The summed E-state index contributed by atoms with van der Waals surface area (Å²) in [7, 11) is 0. The summed E-state index contributed by atoms with van der Waals surface area (Å²) < 4.78 is 8.88. The second-order valence-electron chi connectivity index (χ2n) is 15.7. The number of furan rings is 1. The van der Waals surface area contributed by atoms with E-state index in [1.807, 2.05) is 12.1 Å². The van der Waals surface area contributed by atoms with Crippen molar-refractivity contribution in [1.29, 1.82) is 0 Å². The van der Waals surface area contributed by atoms with Crippen LogP contribution in [0.1, 0.15) is 0 Å². The van der Waals surface area contributed by atoms with Gasteiger partial charge in [0.1, 0.15) is 11.2 Å². The molecule has 2 aromatic heterocycles. The summed E-state index contributed by atoms with van der Waals surface area (Å²) in [6.07, 6.45) is 0. The quantitative estimate of drug-likeness (QED) is 0.161. The van der Waals surface area contributed by atoms with Crippen LogP contribution in [-0.4, -0.2) is 4.57 Å². The summed E-state index contributed by atoms with van der Waals surface area (Å²) in [6.45, 7) is 0. The van der Waals surface area contributed by atoms with E-state index in [0.29, 0.717) is 0 Å². The lowest BCUT2D eigenvalue weighted by Gasteiger charge is -2.27. The molecule has 0 spiro atoms. The lowest BCUT2D eigenvalue weighted by molar-refractivity contribution is 0.670. The zero-order chi connectivity index (χ0) is 40.3. The Labute approximate surface area is 353 Å². The lowest BCUT2D eigenvalue weighted by Crippen LogP contribution is -2.10. The van der Waals surface area contributed by atoms with E-state index < -0.39 is 0 Å². The third-order valence-electron chi connectivity index (χ3n) is 12.2. The van der Waals surface area contributed by atoms with Gasteiger partial charge in [0.15, 0.2) is 0 Å². The molecular formula is C58H38N2O. The van der Waals surface area contributed by atoms with Gasteiger partial charge < -0.3 is 13.9 Å². The highest BCUT2D eigenvalue weighted by Gasteiger charge is 2.19. The number of hydrogen-bond donors (Lipinski definition) is 0. The largest absolute Gasteiger partial charge is 0.455 e. The Morgan fingerprint density at radius 3 is 1.61 bits per heavy atom. The lowest BCUT2D eigenvalue weighted by atomic mass is 9.97. The van der Waals surface area contributed by atoms with Crippen molar-refractivity contribution in [2.75, 3.05) is 4.90 Å². The Balaban J connectivity index is 1.02. The maximum atomic E-state index is 6.47. The molecule has 0 aliphatic heterocycles. The molecule has 3 nitrogen and oxygen atoms in total. The fourth-order valence-corrected chi connectivity index (χ4v) is 9.41. The van der Waals surface area contributed by atoms with Crippen molar-refractivity contribution in [3.05, 3.63) is 231 Å². The van der Waals surface area contributed by atoms with Crippen LogP contribution in [0.25, 0.3) is 93.6 Å². The number of nitrogens with zero attached hydrogens (tertiary/aromatic N) is 2. The average Bonchev–Trinajstić information content (AvgIpc) is 3.88. The first-order valence-corrected chi connectivity index (χ1v) is 20.8. The van der Waals surface area contributed by atoms with E-state index in [9.17, 15) is 0 Å². The maximum Gasteiger partial charge on any atom is 0.143 e. The second-order valence-corrected chi connectivity index (χ2v) is 15.7. The second kappa shape index (κ2) is 14.3. The minimum Gasteiger partial charge on any atom is -0.455 e. The molecule has 0 amide bonds. The summed E-state index contributed by atoms with van der Waals surface area (Å²) in [6, 6.07) is 83.0. The molecule has 0 aliphatic rings. The SMILES string of the molecule is c1cc(-c2ccccc2-n2c3ccccc3c3ccccc32)cc(N(c2ccc(-c3cccc4c3oc3ccccc34)cc2)c2cccc(-c3cccc4ccccc34)c2)c1. The van der Waals surface area contributed by atoms with Crippen LogP contribution in [0.15, 0.2) is 235 Å². The summed E-state index contributed by atoms with van der Waals surface area (Å²) in [5, 5.41) is 7.22.